The van der Waals surface area contributed by atoms with Crippen LogP contribution in [0, 0.1) is 0 Å². The van der Waals surface area contributed by atoms with Gasteiger partial charge in [0.2, 0.25) is 0 Å². The second-order valence-electron chi connectivity index (χ2n) is 18.0. The molecule has 2 fully saturated rings. The predicted molar refractivity (Wildman–Crippen MR) is 371 cm³/mol. The van der Waals surface area contributed by atoms with E-state index in [9.17, 15) is 0 Å². The summed E-state index contributed by atoms with van der Waals surface area (Å²) < 4.78 is 4.18. The van der Waals surface area contributed by atoms with Crippen molar-refractivity contribution in [1.29, 1.82) is 0 Å². The zero-order valence-electron chi connectivity index (χ0n) is 54.7. The molecule has 2 aliphatic rings. The van der Waals surface area contributed by atoms with E-state index in [1.807, 2.05) is 84.2 Å². The van der Waals surface area contributed by atoms with Crippen LogP contribution in [0.4, 0.5) is 11.4 Å². The van der Waals surface area contributed by atoms with Gasteiger partial charge in [0.05, 0.1) is 70.2 Å². The first-order chi connectivity index (χ1) is 44.5. The van der Waals surface area contributed by atoms with Crippen molar-refractivity contribution in [3.05, 3.63) is 200 Å². The number of halogens is 11. The molecule has 0 bridgehead atoms. The molecule has 21 nitrogen and oxygen atoms in total. The maximum absolute atomic E-state index is 8.12. The molecule has 96 heavy (non-hydrogen) atoms. The quantitative estimate of drug-likeness (QED) is 0.0694. The van der Waals surface area contributed by atoms with Crippen molar-refractivity contribution in [1.82, 2.24) is 49.3 Å². The van der Waals surface area contributed by atoms with E-state index in [1.165, 1.54) is 16.8 Å². The van der Waals surface area contributed by atoms with E-state index in [1.54, 1.807) is 38.0 Å². The van der Waals surface area contributed by atoms with Crippen LogP contribution in [0.3, 0.4) is 0 Å². The molecule has 2 aliphatic heterocycles. The summed E-state index contributed by atoms with van der Waals surface area (Å²) in [6.45, 7) is 16.5. The maximum Gasteiger partial charge on any atom is 1.00 e. The van der Waals surface area contributed by atoms with Crippen LogP contribution in [0.2, 0.25) is 30.1 Å². The number of imidazole rings is 4. The van der Waals surface area contributed by atoms with Crippen LogP contribution in [0.15, 0.2) is 141 Å². The molecular formula is C62H75BrCl9IN12Na2O9. The van der Waals surface area contributed by atoms with Crippen LogP contribution in [-0.2, 0) is 70.7 Å². The van der Waals surface area contributed by atoms with E-state index in [2.05, 4.69) is 122 Å². The van der Waals surface area contributed by atoms with Crippen molar-refractivity contribution in [2.24, 2.45) is 0 Å². The summed E-state index contributed by atoms with van der Waals surface area (Å²) in [7, 11) is 0. The second-order valence-corrected chi connectivity index (χ2v) is 22.1. The van der Waals surface area contributed by atoms with Gasteiger partial charge in [0, 0.05) is 139 Å². The first-order valence-corrected chi connectivity index (χ1v) is 32.5. The van der Waals surface area contributed by atoms with Gasteiger partial charge in [0.1, 0.15) is 0 Å². The molecule has 4 aromatic carbocycles. The van der Waals surface area contributed by atoms with Gasteiger partial charge in [-0.25, -0.2) is 19.9 Å². The summed E-state index contributed by atoms with van der Waals surface area (Å²) in [5.41, 5.74) is 7.94. The van der Waals surface area contributed by atoms with Crippen LogP contribution < -0.4 is 98.2 Å². The predicted octanol–water partition coefficient (Wildman–Crippen LogP) is 4.66. The van der Waals surface area contributed by atoms with Crippen LogP contribution in [-0.4, -0.2) is 143 Å². The van der Waals surface area contributed by atoms with Crippen molar-refractivity contribution in [2.45, 2.75) is 72.1 Å². The number of carbonyl (C=O) groups excluding carboxylic acids is 8. The molecule has 10 rings (SSSR count). The molecule has 6 heterocycles. The van der Waals surface area contributed by atoms with Gasteiger partial charge in [0.15, 0.2) is 0 Å². The number of nitrogens with one attached hydrogen (secondary N) is 3. The van der Waals surface area contributed by atoms with E-state index in [-0.39, 0.29) is 140 Å². The van der Waals surface area contributed by atoms with Gasteiger partial charge in [-0.3, -0.25) is 4.90 Å². The molecule has 0 radical (unpaired) electrons. The van der Waals surface area contributed by atoms with Gasteiger partial charge >= 0.3 is 83.7 Å². The zero-order chi connectivity index (χ0) is 68.9. The topological polar surface area (TPSA) is 272 Å². The van der Waals surface area contributed by atoms with Crippen LogP contribution in [0.5, 0.6) is 0 Å². The molecule has 0 unspecified atom stereocenters. The number of aliphatic hydroxyl groups excluding tert-OH is 1. The SMILES string of the molecule is CCO.CCc1cn(CCCl)cn1.CCc1cn(CCN2CCN(c3ccc(Cl)cc3Cl)[C@H](c3ccc(Cl)cc3)C2)cn1.CCc1cnc[nH]1.Cl.ClCCBr.Clc1ccc([C@@H]2CNCCN2c2ccc(Cl)cc2Cl)cc1.O=C=O.O=C=O.O=C=O.O=C=O.[H-].[I-].[Na+].[Na+].c1c[nH]cn1. The van der Waals surface area contributed by atoms with Gasteiger partial charge in [-0.15, -0.1) is 35.6 Å². The Labute approximate surface area is 677 Å². The molecule has 0 spiro atoms. The number of alkyl halides is 3. The Bertz CT molecular complexity index is 3240. The Hall–Kier alpha value is -3.46. The Morgan fingerprint density at radius 3 is 1.38 bits per heavy atom. The van der Waals surface area contributed by atoms with Crippen LogP contribution in [0.1, 0.15) is 69.4 Å². The summed E-state index contributed by atoms with van der Waals surface area (Å²) in [6, 6.07) is 27.9. The summed E-state index contributed by atoms with van der Waals surface area (Å²) in [5, 5.41) is 16.1. The van der Waals surface area contributed by atoms with Crippen molar-refractivity contribution >= 4 is 157 Å². The Balaban J connectivity index is -0.000000269. The molecule has 4 N–H and O–H groups in total. The molecule has 0 aliphatic carbocycles. The summed E-state index contributed by atoms with van der Waals surface area (Å²) in [6.07, 6.45) is 20.5. The number of anilines is 2. The number of piperazine rings is 2. The van der Waals surface area contributed by atoms with Crippen molar-refractivity contribution in [3.8, 4) is 0 Å². The number of aryl methyl sites for hydroxylation is 4. The standard InChI is InChI=1S/C23H25Cl3N4.C16H15Cl3N2.C7H11ClN2.C5H8N2.C3H4N2.C2H4BrCl.C2H6O.4CO2.ClH.HI.2Na.H/c1-2-20-14-29(16-27-20)10-9-28-11-12-30(22-8-7-19(25)13-21(22)26)23(15-28)17-3-5-18(24)6-4-17;17-12-3-1-11(2-4-12)16-10-20-7-8-21(16)15-6-5-13(18)9-14(15)19;1-2-7-5-10(4-3-8)6-9-7;1-2-5-3-6-4-7-5;1-2-5-3-4-1;3-1-2-4;1-2-3;4*2-1-3;;;;;/h3-8,13-14,16,23H,2,9-12,15H2,1H3;1-6,9,16,20H,7-8,10H2;5-6H,2-4H2,1H3;3-4H,2H2,1H3,(H,6,7);1-3H,(H,4,5);1-2H2;3H,2H2,1H3;;;;;2*1H;;;/q;;;;;;;;;;;;;2*+1;-1/p-1/t23-;16-;;;;;;;;;;;;;;/m00............../s1. The normalized spacial score (nSPS) is 12.6. The third-order valence-electron chi connectivity index (χ3n) is 12.2. The number of H-pyrrole nitrogens is 2. The van der Waals surface area contributed by atoms with E-state index in [4.69, 9.17) is 136 Å². The monoisotopic (exact) mass is 1700 g/mol. The van der Waals surface area contributed by atoms with E-state index in [0.29, 0.717) is 31.9 Å². The minimum atomic E-state index is 0. The number of aliphatic hydroxyl groups is 1. The average molecular weight is 1700 g/mol. The molecule has 0 amide bonds. The number of aromatic nitrogens is 8. The third-order valence-corrected chi connectivity index (χ3v) is 15.0. The largest absolute Gasteiger partial charge is 1.00 e. The van der Waals surface area contributed by atoms with Gasteiger partial charge in [-0.1, -0.05) is 131 Å². The molecule has 34 heteroatoms. The Morgan fingerprint density at radius 1 is 0.594 bits per heavy atom. The van der Waals surface area contributed by atoms with Crippen LogP contribution in [0.25, 0.3) is 0 Å². The van der Waals surface area contributed by atoms with Crippen LogP contribution >= 0.6 is 121 Å². The molecule has 2 saturated heterocycles. The second kappa shape index (κ2) is 66.1. The smallest absolute Gasteiger partial charge is 1.00 e. The fraction of sp³-hybridized carbons (Fsp3) is 0.355. The van der Waals surface area contributed by atoms with Crippen molar-refractivity contribution < 1.29 is 128 Å². The number of aromatic amines is 2. The van der Waals surface area contributed by atoms with Gasteiger partial charge in [-0.05, 0) is 98.0 Å². The van der Waals surface area contributed by atoms with Crippen molar-refractivity contribution in [2.75, 3.05) is 79.3 Å². The minimum Gasteiger partial charge on any atom is -1.00 e. The fourth-order valence-electron chi connectivity index (χ4n) is 8.18. The van der Waals surface area contributed by atoms with E-state index in [0.717, 1.165) is 116 Å². The summed E-state index contributed by atoms with van der Waals surface area (Å²) in [4.78, 5) is 94.0. The first kappa shape index (κ1) is 101. The molecular weight excluding hydrogens is 1630 g/mol. The molecule has 516 valence electrons. The maximum atomic E-state index is 8.12. The molecule has 8 aromatic rings. The van der Waals surface area contributed by atoms with E-state index >= 15 is 0 Å². The third kappa shape index (κ3) is 44.6. The number of rotatable bonds is 13. The fourth-order valence-corrected chi connectivity index (χ4v) is 9.66. The van der Waals surface area contributed by atoms with Gasteiger partial charge in [-0.2, -0.15) is 38.4 Å². The minimum absolute atomic E-state index is 0. The number of benzene rings is 4. The number of nitrogens with zero attached hydrogens (tertiary/aromatic N) is 9. The Kier molecular flexibility index (Phi) is 69.7. The molecule has 4 aromatic heterocycles. The Morgan fingerprint density at radius 2 is 1.03 bits per heavy atom. The number of hydrogen-bond donors (Lipinski definition) is 4. The van der Waals surface area contributed by atoms with Gasteiger partial charge < -0.3 is 64.7 Å². The molecule has 2 atom stereocenters. The summed E-state index contributed by atoms with van der Waals surface area (Å²) in [5.74, 6) is 1.36. The van der Waals surface area contributed by atoms with Crippen molar-refractivity contribution in [3.63, 3.8) is 0 Å². The summed E-state index contributed by atoms with van der Waals surface area (Å²) >= 11 is 51.0. The molecule has 0 saturated carbocycles. The number of hydrogen-bond acceptors (Lipinski definition) is 17. The first-order valence-electron chi connectivity index (χ1n) is 28.0. The average Bonchev–Trinajstić information content (AvgIpc) is 1.46. The zero-order valence-corrected chi connectivity index (χ0v) is 68.3. The van der Waals surface area contributed by atoms with Gasteiger partial charge in [0.25, 0.3) is 0 Å². The van der Waals surface area contributed by atoms with E-state index < -0.39 is 0 Å².